The van der Waals surface area contributed by atoms with Crippen LogP contribution in [0.1, 0.15) is 58.0 Å². The molecule has 0 bridgehead atoms. The zero-order valence-corrected chi connectivity index (χ0v) is 20.0. The molecule has 0 spiro atoms. The predicted octanol–water partition coefficient (Wildman–Crippen LogP) is 5.32. The summed E-state index contributed by atoms with van der Waals surface area (Å²) in [6.45, 7) is 1.92. The van der Waals surface area contributed by atoms with E-state index in [-0.39, 0.29) is 34.9 Å². The van der Waals surface area contributed by atoms with Gasteiger partial charge in [-0.1, -0.05) is 49.4 Å². The Labute approximate surface area is 207 Å². The summed E-state index contributed by atoms with van der Waals surface area (Å²) in [7, 11) is 0. The molecule has 35 heavy (non-hydrogen) atoms. The van der Waals surface area contributed by atoms with Crippen molar-refractivity contribution in [1.82, 2.24) is 0 Å². The van der Waals surface area contributed by atoms with Crippen LogP contribution < -0.4 is 10.6 Å². The second-order valence-corrected chi connectivity index (χ2v) is 10.0. The summed E-state index contributed by atoms with van der Waals surface area (Å²) in [4.78, 5) is 52.4. The molecule has 1 atom stereocenters. The number of amides is 2. The first-order valence-corrected chi connectivity index (χ1v) is 12.5. The van der Waals surface area contributed by atoms with Crippen molar-refractivity contribution in [2.45, 2.75) is 36.3 Å². The maximum absolute atomic E-state index is 13.2. The summed E-state index contributed by atoms with van der Waals surface area (Å²) in [5.41, 5.74) is 2.30. The number of anilines is 2. The highest BCUT2D eigenvalue weighted by molar-refractivity contribution is 8.00. The molecule has 1 saturated carbocycles. The number of thioether (sulfide) groups is 1. The van der Waals surface area contributed by atoms with Crippen molar-refractivity contribution in [2.75, 3.05) is 10.6 Å². The minimum absolute atomic E-state index is 0.0339. The second kappa shape index (κ2) is 9.50. The molecule has 7 heteroatoms. The van der Waals surface area contributed by atoms with Gasteiger partial charge in [-0.2, -0.15) is 0 Å². The van der Waals surface area contributed by atoms with E-state index in [2.05, 4.69) is 10.6 Å². The lowest BCUT2D eigenvalue weighted by atomic mass is 9.83. The van der Waals surface area contributed by atoms with E-state index in [1.807, 2.05) is 31.2 Å². The Hall–Kier alpha value is -3.71. The van der Waals surface area contributed by atoms with Gasteiger partial charge in [0.15, 0.2) is 11.6 Å². The topological polar surface area (TPSA) is 92.3 Å². The van der Waals surface area contributed by atoms with E-state index in [9.17, 15) is 19.2 Å². The minimum atomic E-state index is -0.429. The third kappa shape index (κ3) is 4.64. The van der Waals surface area contributed by atoms with Gasteiger partial charge in [0.1, 0.15) is 0 Å². The normalized spacial score (nSPS) is 15.1. The molecule has 6 nitrogen and oxygen atoms in total. The molecule has 0 saturated heterocycles. The molecule has 1 unspecified atom stereocenters. The first-order chi connectivity index (χ1) is 17.0. The number of benzene rings is 3. The molecule has 5 rings (SSSR count). The number of ketones is 2. The van der Waals surface area contributed by atoms with Gasteiger partial charge < -0.3 is 10.6 Å². The zero-order chi connectivity index (χ0) is 24.5. The Bertz CT molecular complexity index is 1360. The molecule has 0 aromatic heterocycles. The van der Waals surface area contributed by atoms with Gasteiger partial charge in [-0.3, -0.25) is 19.2 Å². The molecule has 2 amide bonds. The Morgan fingerprint density at radius 2 is 1.57 bits per heavy atom. The molecule has 3 aromatic carbocycles. The van der Waals surface area contributed by atoms with Crippen molar-refractivity contribution >= 4 is 46.5 Å². The fourth-order valence-corrected chi connectivity index (χ4v) is 5.20. The van der Waals surface area contributed by atoms with Crippen molar-refractivity contribution in [3.05, 3.63) is 89.0 Å². The van der Waals surface area contributed by atoms with E-state index >= 15 is 0 Å². The van der Waals surface area contributed by atoms with Gasteiger partial charge in [-0.05, 0) is 43.5 Å². The van der Waals surface area contributed by atoms with Crippen LogP contribution in [0.3, 0.4) is 0 Å². The Balaban J connectivity index is 1.35. The average Bonchev–Trinajstić information content (AvgIpc) is 3.72. The highest BCUT2D eigenvalue weighted by Gasteiger charge is 2.32. The van der Waals surface area contributed by atoms with Crippen LogP contribution in [0.2, 0.25) is 0 Å². The summed E-state index contributed by atoms with van der Waals surface area (Å²) >= 11 is 1.39. The van der Waals surface area contributed by atoms with Crippen molar-refractivity contribution in [3.8, 4) is 0 Å². The van der Waals surface area contributed by atoms with Gasteiger partial charge in [0.25, 0.3) is 0 Å². The van der Waals surface area contributed by atoms with Gasteiger partial charge >= 0.3 is 0 Å². The lowest BCUT2D eigenvalue weighted by Gasteiger charge is -2.21. The predicted molar refractivity (Wildman–Crippen MR) is 136 cm³/mol. The summed E-state index contributed by atoms with van der Waals surface area (Å²) in [6.07, 6.45) is 2.42. The standard InChI is InChI=1S/C28H24N2O4S/c1-2-23(35-18-8-5-7-17(15-18)29-27(33)16-13-14-16)28(34)30-22-12-6-11-21-24(22)26(32)20-10-4-3-9-19(20)25(21)31/h3-12,15-16,23H,2,13-14H2,1H3,(H,29,33)(H,30,34). The number of hydrogen-bond acceptors (Lipinski definition) is 5. The summed E-state index contributed by atoms with van der Waals surface area (Å²) < 4.78 is 0. The molecule has 3 aromatic rings. The van der Waals surface area contributed by atoms with Crippen LogP contribution in [0.5, 0.6) is 0 Å². The maximum Gasteiger partial charge on any atom is 0.237 e. The first-order valence-electron chi connectivity index (χ1n) is 11.7. The second-order valence-electron chi connectivity index (χ2n) is 8.73. The Morgan fingerprint density at radius 1 is 0.886 bits per heavy atom. The Kier molecular flexibility index (Phi) is 6.26. The summed E-state index contributed by atoms with van der Waals surface area (Å²) in [6, 6.07) is 19.1. The molecule has 1 fully saturated rings. The van der Waals surface area contributed by atoms with Crippen molar-refractivity contribution in [1.29, 1.82) is 0 Å². The Morgan fingerprint density at radius 3 is 2.29 bits per heavy atom. The molecule has 0 radical (unpaired) electrons. The van der Waals surface area contributed by atoms with E-state index in [4.69, 9.17) is 0 Å². The molecule has 2 aliphatic carbocycles. The lowest BCUT2D eigenvalue weighted by Crippen LogP contribution is -2.28. The zero-order valence-electron chi connectivity index (χ0n) is 19.2. The van der Waals surface area contributed by atoms with Crippen LogP contribution in [0.25, 0.3) is 0 Å². The highest BCUT2D eigenvalue weighted by atomic mass is 32.2. The van der Waals surface area contributed by atoms with Crippen LogP contribution in [0, 0.1) is 5.92 Å². The van der Waals surface area contributed by atoms with Gasteiger partial charge in [0, 0.05) is 33.2 Å². The van der Waals surface area contributed by atoms with Gasteiger partial charge in [0.2, 0.25) is 11.8 Å². The fraction of sp³-hybridized carbons (Fsp3) is 0.214. The molecule has 2 aliphatic rings. The number of nitrogens with one attached hydrogen (secondary N) is 2. The van der Waals surface area contributed by atoms with Crippen LogP contribution in [0.15, 0.2) is 71.6 Å². The average molecular weight is 485 g/mol. The van der Waals surface area contributed by atoms with Crippen LogP contribution in [0.4, 0.5) is 11.4 Å². The molecule has 0 aliphatic heterocycles. The first kappa shape index (κ1) is 23.1. The highest BCUT2D eigenvalue weighted by Crippen LogP contribution is 2.34. The van der Waals surface area contributed by atoms with E-state index in [0.29, 0.717) is 34.5 Å². The van der Waals surface area contributed by atoms with Crippen molar-refractivity contribution < 1.29 is 19.2 Å². The fourth-order valence-electron chi connectivity index (χ4n) is 4.19. The van der Waals surface area contributed by atoms with Crippen molar-refractivity contribution in [2.24, 2.45) is 5.92 Å². The lowest BCUT2D eigenvalue weighted by molar-refractivity contribution is -0.117. The number of carbonyl (C=O) groups is 4. The van der Waals surface area contributed by atoms with Gasteiger partial charge in [0.05, 0.1) is 16.5 Å². The quantitative estimate of drug-likeness (QED) is 0.347. The van der Waals surface area contributed by atoms with E-state index in [0.717, 1.165) is 17.7 Å². The summed E-state index contributed by atoms with van der Waals surface area (Å²) in [5, 5.41) is 5.40. The number of rotatable bonds is 7. The molecule has 176 valence electrons. The van der Waals surface area contributed by atoms with E-state index in [1.165, 1.54) is 11.8 Å². The monoisotopic (exact) mass is 484 g/mol. The third-order valence-electron chi connectivity index (χ3n) is 6.20. The summed E-state index contributed by atoms with van der Waals surface area (Å²) in [5.74, 6) is -0.605. The van der Waals surface area contributed by atoms with Crippen LogP contribution in [-0.2, 0) is 9.59 Å². The SMILES string of the molecule is CCC(Sc1cccc(NC(=O)C2CC2)c1)C(=O)Nc1cccc2c1C(=O)c1ccccc1C2=O. The number of hydrogen-bond donors (Lipinski definition) is 2. The molecular weight excluding hydrogens is 460 g/mol. The van der Waals surface area contributed by atoms with Gasteiger partial charge in [-0.15, -0.1) is 11.8 Å². The molecular formula is C28H24N2O4S. The maximum atomic E-state index is 13.2. The molecule has 0 heterocycles. The van der Waals surface area contributed by atoms with Crippen LogP contribution in [-0.4, -0.2) is 28.6 Å². The number of fused-ring (bicyclic) bond motifs is 2. The van der Waals surface area contributed by atoms with Gasteiger partial charge in [-0.25, -0.2) is 0 Å². The number of carbonyl (C=O) groups excluding carboxylic acids is 4. The molecule has 2 N–H and O–H groups in total. The third-order valence-corrected chi connectivity index (χ3v) is 7.56. The van der Waals surface area contributed by atoms with Crippen molar-refractivity contribution in [3.63, 3.8) is 0 Å². The van der Waals surface area contributed by atoms with Crippen LogP contribution >= 0.6 is 11.8 Å². The minimum Gasteiger partial charge on any atom is -0.326 e. The van der Waals surface area contributed by atoms with E-state index < -0.39 is 5.25 Å². The largest absolute Gasteiger partial charge is 0.326 e. The smallest absolute Gasteiger partial charge is 0.237 e. The van der Waals surface area contributed by atoms with E-state index in [1.54, 1.807) is 42.5 Å².